The molecule has 100 valence electrons. The topological polar surface area (TPSA) is 92.5 Å². The van der Waals surface area contributed by atoms with E-state index in [0.717, 1.165) is 25.7 Å². The monoisotopic (exact) mass is 253 g/mol. The molecule has 2 rings (SSSR count). The highest BCUT2D eigenvalue weighted by atomic mass is 16.2. The first-order valence-electron chi connectivity index (χ1n) is 6.40. The van der Waals surface area contributed by atoms with Gasteiger partial charge in [0.1, 0.15) is 13.1 Å². The summed E-state index contributed by atoms with van der Waals surface area (Å²) in [4.78, 5) is 35.7. The number of nitrogens with zero attached hydrogens (tertiary/aromatic N) is 1. The van der Waals surface area contributed by atoms with E-state index in [1.54, 1.807) is 0 Å². The summed E-state index contributed by atoms with van der Waals surface area (Å²) in [6.45, 7) is -0.00633. The maximum atomic E-state index is 12.0. The Kier molecular flexibility index (Phi) is 3.96. The minimum Gasteiger partial charge on any atom is -0.328 e. The van der Waals surface area contributed by atoms with Gasteiger partial charge in [0.15, 0.2) is 0 Å². The van der Waals surface area contributed by atoms with E-state index >= 15 is 0 Å². The minimum atomic E-state index is -0.398. The van der Waals surface area contributed by atoms with Gasteiger partial charge in [-0.3, -0.25) is 19.7 Å². The molecule has 1 heterocycles. The summed E-state index contributed by atoms with van der Waals surface area (Å²) >= 11 is 0. The van der Waals surface area contributed by atoms with Gasteiger partial charge in [0.25, 0.3) is 0 Å². The number of piperazine rings is 1. The Balaban J connectivity index is 1.84. The molecule has 0 unspecified atom stereocenters. The molecule has 0 spiro atoms. The van der Waals surface area contributed by atoms with Crippen molar-refractivity contribution in [2.75, 3.05) is 13.1 Å². The number of rotatable bonds is 2. The number of hydrogen-bond acceptors (Lipinski definition) is 4. The van der Waals surface area contributed by atoms with E-state index in [2.05, 4.69) is 5.32 Å². The molecular formula is C12H19N3O3. The number of nitrogens with one attached hydrogen (secondary N) is 1. The van der Waals surface area contributed by atoms with Crippen LogP contribution in [-0.2, 0) is 14.4 Å². The molecule has 1 saturated heterocycles. The average molecular weight is 253 g/mol. The number of carbonyl (C=O) groups is 3. The van der Waals surface area contributed by atoms with Crippen LogP contribution in [0.3, 0.4) is 0 Å². The number of amides is 3. The van der Waals surface area contributed by atoms with E-state index < -0.39 is 11.8 Å². The van der Waals surface area contributed by atoms with Crippen molar-refractivity contribution in [1.29, 1.82) is 0 Å². The average Bonchev–Trinajstić information content (AvgIpc) is 2.31. The van der Waals surface area contributed by atoms with Crippen LogP contribution in [0.1, 0.15) is 32.1 Å². The first-order valence-corrected chi connectivity index (χ1v) is 6.40. The summed E-state index contributed by atoms with van der Waals surface area (Å²) in [6.07, 6.45) is 4.25. The molecule has 0 radical (unpaired) electrons. The zero-order chi connectivity index (χ0) is 13.1. The Morgan fingerprint density at radius 2 is 1.72 bits per heavy atom. The van der Waals surface area contributed by atoms with Crippen molar-refractivity contribution in [2.45, 2.75) is 38.1 Å². The third kappa shape index (κ3) is 3.29. The van der Waals surface area contributed by atoms with Crippen molar-refractivity contribution in [3.05, 3.63) is 0 Å². The predicted molar refractivity (Wildman–Crippen MR) is 64.3 cm³/mol. The summed E-state index contributed by atoms with van der Waals surface area (Å²) in [5.74, 6) is -0.549. The molecule has 0 aromatic carbocycles. The molecule has 1 aliphatic heterocycles. The van der Waals surface area contributed by atoms with Crippen LogP contribution in [0.4, 0.5) is 0 Å². The predicted octanol–water partition coefficient (Wildman–Crippen LogP) is -0.621. The first kappa shape index (κ1) is 13.0. The molecule has 18 heavy (non-hydrogen) atoms. The second kappa shape index (κ2) is 5.48. The molecule has 1 saturated carbocycles. The van der Waals surface area contributed by atoms with Crippen LogP contribution in [0.2, 0.25) is 0 Å². The van der Waals surface area contributed by atoms with Gasteiger partial charge in [-0.25, -0.2) is 0 Å². The van der Waals surface area contributed by atoms with E-state index in [-0.39, 0.29) is 25.0 Å². The molecule has 2 aliphatic rings. The minimum absolute atomic E-state index is 0.00317. The number of carbonyl (C=O) groups excluding carboxylic acids is 3. The molecule has 3 N–H and O–H groups in total. The molecule has 0 aromatic heterocycles. The Morgan fingerprint density at radius 3 is 2.28 bits per heavy atom. The van der Waals surface area contributed by atoms with Crippen LogP contribution in [0, 0.1) is 5.92 Å². The van der Waals surface area contributed by atoms with Crippen molar-refractivity contribution in [3.8, 4) is 0 Å². The summed E-state index contributed by atoms with van der Waals surface area (Å²) in [6, 6.07) is 0.263. The molecule has 6 nitrogen and oxygen atoms in total. The normalized spacial score (nSPS) is 29.1. The van der Waals surface area contributed by atoms with E-state index in [1.807, 2.05) is 0 Å². The van der Waals surface area contributed by atoms with E-state index in [1.165, 1.54) is 4.90 Å². The van der Waals surface area contributed by atoms with Gasteiger partial charge in [0.2, 0.25) is 17.7 Å². The van der Waals surface area contributed by atoms with Crippen LogP contribution in [0.5, 0.6) is 0 Å². The highest BCUT2D eigenvalue weighted by Gasteiger charge is 2.28. The SMILES string of the molecule is NC1CCC(CC(=O)N2CC(=O)NC(=O)C2)CC1. The molecule has 1 aliphatic carbocycles. The zero-order valence-electron chi connectivity index (χ0n) is 10.4. The van der Waals surface area contributed by atoms with Crippen molar-refractivity contribution >= 4 is 17.7 Å². The molecular weight excluding hydrogens is 234 g/mol. The van der Waals surface area contributed by atoms with Crippen LogP contribution >= 0.6 is 0 Å². The molecule has 0 aromatic rings. The van der Waals surface area contributed by atoms with Gasteiger partial charge in [0.05, 0.1) is 0 Å². The smallest absolute Gasteiger partial charge is 0.246 e. The van der Waals surface area contributed by atoms with Crippen molar-refractivity contribution < 1.29 is 14.4 Å². The summed E-state index contributed by atoms with van der Waals surface area (Å²) < 4.78 is 0. The largest absolute Gasteiger partial charge is 0.328 e. The molecule has 6 heteroatoms. The van der Waals surface area contributed by atoms with Gasteiger partial charge in [0, 0.05) is 12.5 Å². The summed E-state index contributed by atoms with van der Waals surface area (Å²) in [7, 11) is 0. The Morgan fingerprint density at radius 1 is 1.17 bits per heavy atom. The Bertz CT molecular complexity index is 346. The third-order valence-corrected chi connectivity index (χ3v) is 3.66. The van der Waals surface area contributed by atoms with E-state index in [9.17, 15) is 14.4 Å². The second-order valence-corrected chi connectivity index (χ2v) is 5.21. The summed E-state index contributed by atoms with van der Waals surface area (Å²) in [5, 5.41) is 2.19. The van der Waals surface area contributed by atoms with E-state index in [0.29, 0.717) is 12.3 Å². The molecule has 3 amide bonds. The summed E-state index contributed by atoms with van der Waals surface area (Å²) in [5.41, 5.74) is 5.81. The molecule has 0 atom stereocenters. The fraction of sp³-hybridized carbons (Fsp3) is 0.750. The first-order chi connectivity index (χ1) is 8.54. The van der Waals surface area contributed by atoms with Crippen LogP contribution < -0.4 is 11.1 Å². The fourth-order valence-corrected chi connectivity index (χ4v) is 2.58. The Hall–Kier alpha value is -1.43. The third-order valence-electron chi connectivity index (χ3n) is 3.66. The molecule has 0 bridgehead atoms. The van der Waals surface area contributed by atoms with E-state index in [4.69, 9.17) is 5.73 Å². The highest BCUT2D eigenvalue weighted by Crippen LogP contribution is 2.26. The van der Waals surface area contributed by atoms with Gasteiger partial charge in [-0.05, 0) is 31.6 Å². The van der Waals surface area contributed by atoms with Crippen molar-refractivity contribution in [1.82, 2.24) is 10.2 Å². The lowest BCUT2D eigenvalue weighted by Gasteiger charge is -2.29. The highest BCUT2D eigenvalue weighted by molar-refractivity contribution is 6.02. The number of hydrogen-bond donors (Lipinski definition) is 2. The maximum absolute atomic E-state index is 12.0. The Labute approximate surface area is 106 Å². The lowest BCUT2D eigenvalue weighted by molar-refractivity contribution is -0.146. The van der Waals surface area contributed by atoms with Gasteiger partial charge in [-0.2, -0.15) is 0 Å². The zero-order valence-corrected chi connectivity index (χ0v) is 10.4. The van der Waals surface area contributed by atoms with Crippen LogP contribution in [0.25, 0.3) is 0 Å². The standard InChI is InChI=1S/C12H19N3O3/c13-9-3-1-8(2-4-9)5-12(18)15-6-10(16)14-11(17)7-15/h8-9H,1-7,13H2,(H,14,16,17). The van der Waals surface area contributed by atoms with Crippen LogP contribution in [-0.4, -0.2) is 41.8 Å². The molecule has 2 fully saturated rings. The van der Waals surface area contributed by atoms with Gasteiger partial charge >= 0.3 is 0 Å². The van der Waals surface area contributed by atoms with Crippen LogP contribution in [0.15, 0.2) is 0 Å². The van der Waals surface area contributed by atoms with Crippen molar-refractivity contribution in [3.63, 3.8) is 0 Å². The number of imide groups is 1. The fourth-order valence-electron chi connectivity index (χ4n) is 2.58. The lowest BCUT2D eigenvalue weighted by atomic mass is 9.84. The lowest BCUT2D eigenvalue weighted by Crippen LogP contribution is -2.53. The van der Waals surface area contributed by atoms with Gasteiger partial charge in [-0.1, -0.05) is 0 Å². The number of nitrogens with two attached hydrogens (primary N) is 1. The van der Waals surface area contributed by atoms with Crippen molar-refractivity contribution in [2.24, 2.45) is 11.7 Å². The van der Waals surface area contributed by atoms with Gasteiger partial charge < -0.3 is 10.6 Å². The van der Waals surface area contributed by atoms with Gasteiger partial charge in [-0.15, -0.1) is 0 Å². The quantitative estimate of drug-likeness (QED) is 0.641. The maximum Gasteiger partial charge on any atom is 0.246 e. The second-order valence-electron chi connectivity index (χ2n) is 5.21.